The molecule has 4 heteroatoms. The Balaban J connectivity index is 2.14. The van der Waals surface area contributed by atoms with Crippen molar-refractivity contribution in [3.63, 3.8) is 0 Å². The smallest absolute Gasteiger partial charge is 0.222 e. The molecular formula is C17H29N3O. The number of hydrogen-bond acceptors (Lipinski definition) is 4. The van der Waals surface area contributed by atoms with Gasteiger partial charge in [0.25, 0.3) is 0 Å². The van der Waals surface area contributed by atoms with Crippen LogP contribution in [0.25, 0.3) is 0 Å². The van der Waals surface area contributed by atoms with E-state index in [4.69, 9.17) is 4.74 Å². The second-order valence-corrected chi connectivity index (χ2v) is 7.11. The van der Waals surface area contributed by atoms with Crippen LogP contribution >= 0.6 is 0 Å². The van der Waals surface area contributed by atoms with Gasteiger partial charge in [-0.2, -0.15) is 0 Å². The maximum atomic E-state index is 6.24. The number of nitrogens with one attached hydrogen (secondary N) is 1. The van der Waals surface area contributed by atoms with Crippen molar-refractivity contribution in [1.29, 1.82) is 0 Å². The molecule has 1 aliphatic carbocycles. The highest BCUT2D eigenvalue weighted by Crippen LogP contribution is 2.38. The molecule has 1 saturated carbocycles. The molecular weight excluding hydrogens is 262 g/mol. The number of ether oxygens (including phenoxy) is 1. The fourth-order valence-electron chi connectivity index (χ4n) is 2.95. The zero-order valence-electron chi connectivity index (χ0n) is 14.1. The van der Waals surface area contributed by atoms with Crippen molar-refractivity contribution >= 4 is 5.82 Å². The van der Waals surface area contributed by atoms with Gasteiger partial charge in [0, 0.05) is 6.54 Å². The van der Waals surface area contributed by atoms with Gasteiger partial charge in [0.1, 0.15) is 18.2 Å². The molecule has 0 amide bonds. The third kappa shape index (κ3) is 4.08. The van der Waals surface area contributed by atoms with Gasteiger partial charge in [-0.1, -0.05) is 27.7 Å². The summed E-state index contributed by atoms with van der Waals surface area (Å²) in [6.45, 7) is 11.9. The lowest BCUT2D eigenvalue weighted by molar-refractivity contribution is 0.0937. The first kappa shape index (κ1) is 16.1. The van der Waals surface area contributed by atoms with Crippen molar-refractivity contribution < 1.29 is 4.74 Å². The summed E-state index contributed by atoms with van der Waals surface area (Å²) in [6, 6.07) is 0. The maximum absolute atomic E-state index is 6.24. The summed E-state index contributed by atoms with van der Waals surface area (Å²) < 4.78 is 6.24. The maximum Gasteiger partial charge on any atom is 0.222 e. The third-order valence-corrected chi connectivity index (χ3v) is 4.33. The van der Waals surface area contributed by atoms with Crippen LogP contribution in [0.3, 0.4) is 0 Å². The van der Waals surface area contributed by atoms with Crippen molar-refractivity contribution in [2.24, 2.45) is 5.41 Å². The molecule has 0 unspecified atom stereocenters. The van der Waals surface area contributed by atoms with E-state index in [1.165, 1.54) is 12.8 Å². The fourth-order valence-corrected chi connectivity index (χ4v) is 2.95. The zero-order chi connectivity index (χ0) is 15.5. The number of nitrogens with zero attached hydrogens (tertiary/aromatic N) is 2. The summed E-state index contributed by atoms with van der Waals surface area (Å²) in [5, 5.41) is 3.32. The van der Waals surface area contributed by atoms with Crippen LogP contribution in [0.1, 0.15) is 71.8 Å². The van der Waals surface area contributed by atoms with Gasteiger partial charge in [-0.15, -0.1) is 0 Å². The predicted octanol–water partition coefficient (Wildman–Crippen LogP) is 4.38. The van der Waals surface area contributed by atoms with Crippen LogP contribution in [0.4, 0.5) is 5.82 Å². The highest BCUT2D eigenvalue weighted by Gasteiger charge is 2.29. The average Bonchev–Trinajstić information content (AvgIpc) is 2.41. The molecule has 21 heavy (non-hydrogen) atoms. The summed E-state index contributed by atoms with van der Waals surface area (Å²) in [6.07, 6.45) is 6.57. The normalized spacial score (nSPS) is 18.8. The van der Waals surface area contributed by atoms with Gasteiger partial charge in [0.05, 0.1) is 5.56 Å². The number of hydrogen-bond donors (Lipinski definition) is 1. The minimum atomic E-state index is 0.292. The van der Waals surface area contributed by atoms with Gasteiger partial charge in [0.2, 0.25) is 5.88 Å². The van der Waals surface area contributed by atoms with Gasteiger partial charge < -0.3 is 10.1 Å². The van der Waals surface area contributed by atoms with Gasteiger partial charge in [-0.05, 0) is 43.9 Å². The highest BCUT2D eigenvalue weighted by atomic mass is 16.5. The van der Waals surface area contributed by atoms with Gasteiger partial charge in [0.15, 0.2) is 0 Å². The summed E-state index contributed by atoms with van der Waals surface area (Å²) in [4.78, 5) is 8.76. The Hall–Kier alpha value is -1.32. The molecule has 1 aromatic heterocycles. The van der Waals surface area contributed by atoms with Crippen LogP contribution in [0.2, 0.25) is 0 Å². The monoisotopic (exact) mass is 291 g/mol. The molecule has 1 aliphatic rings. The molecule has 0 bridgehead atoms. The summed E-state index contributed by atoms with van der Waals surface area (Å²) in [7, 11) is 0. The van der Waals surface area contributed by atoms with Crippen LogP contribution in [0.15, 0.2) is 6.33 Å². The molecule has 0 atom stereocenters. The second-order valence-electron chi connectivity index (χ2n) is 7.11. The van der Waals surface area contributed by atoms with E-state index in [1.807, 2.05) is 0 Å². The Labute approximate surface area is 128 Å². The predicted molar refractivity (Wildman–Crippen MR) is 86.9 cm³/mol. The molecule has 0 saturated heterocycles. The Morgan fingerprint density at radius 1 is 1.29 bits per heavy atom. The van der Waals surface area contributed by atoms with Crippen molar-refractivity contribution in [2.45, 2.75) is 72.3 Å². The van der Waals surface area contributed by atoms with Crippen LogP contribution in [-0.4, -0.2) is 22.6 Å². The van der Waals surface area contributed by atoms with Crippen molar-refractivity contribution in [3.05, 3.63) is 11.9 Å². The molecule has 0 aromatic carbocycles. The summed E-state index contributed by atoms with van der Waals surface area (Å²) in [5.74, 6) is 2.02. The molecule has 1 heterocycles. The van der Waals surface area contributed by atoms with E-state index in [-0.39, 0.29) is 0 Å². The Morgan fingerprint density at radius 2 is 1.95 bits per heavy atom. The first-order valence-electron chi connectivity index (χ1n) is 8.18. The quantitative estimate of drug-likeness (QED) is 0.874. The van der Waals surface area contributed by atoms with E-state index < -0.39 is 0 Å². The van der Waals surface area contributed by atoms with Crippen LogP contribution in [0, 0.1) is 5.41 Å². The number of anilines is 1. The van der Waals surface area contributed by atoms with Gasteiger partial charge >= 0.3 is 0 Å². The van der Waals surface area contributed by atoms with Crippen LogP contribution in [0.5, 0.6) is 5.88 Å². The Bertz CT molecular complexity index is 461. The van der Waals surface area contributed by atoms with E-state index >= 15 is 0 Å². The number of aromatic nitrogens is 2. The van der Waals surface area contributed by atoms with Gasteiger partial charge in [-0.25, -0.2) is 9.97 Å². The molecule has 1 aromatic rings. The zero-order valence-corrected chi connectivity index (χ0v) is 14.1. The highest BCUT2D eigenvalue weighted by molar-refractivity contribution is 5.50. The van der Waals surface area contributed by atoms with Crippen molar-refractivity contribution in [3.8, 4) is 5.88 Å². The Morgan fingerprint density at radius 3 is 2.52 bits per heavy atom. The first-order valence-corrected chi connectivity index (χ1v) is 8.18. The average molecular weight is 291 g/mol. The largest absolute Gasteiger partial charge is 0.474 e. The molecule has 0 spiro atoms. The van der Waals surface area contributed by atoms with Crippen molar-refractivity contribution in [2.75, 3.05) is 11.9 Å². The number of rotatable bonds is 5. The molecule has 1 fully saturated rings. The van der Waals surface area contributed by atoms with Crippen LogP contribution in [-0.2, 0) is 0 Å². The SMILES string of the molecule is CCNc1ncnc(OC2CCC(C)(C)CC2)c1C(C)C. The summed E-state index contributed by atoms with van der Waals surface area (Å²) >= 11 is 0. The summed E-state index contributed by atoms with van der Waals surface area (Å²) in [5.41, 5.74) is 1.56. The van der Waals surface area contributed by atoms with E-state index in [0.717, 1.165) is 36.6 Å². The molecule has 0 aliphatic heterocycles. The molecule has 2 rings (SSSR count). The molecule has 1 N–H and O–H groups in total. The lowest BCUT2D eigenvalue weighted by atomic mass is 9.76. The molecule has 118 valence electrons. The molecule has 4 nitrogen and oxygen atoms in total. The van der Waals surface area contributed by atoms with E-state index in [9.17, 15) is 0 Å². The van der Waals surface area contributed by atoms with E-state index in [2.05, 4.69) is 49.9 Å². The fraction of sp³-hybridized carbons (Fsp3) is 0.765. The minimum absolute atomic E-state index is 0.292. The Kier molecular flexibility index (Phi) is 5.07. The van der Waals surface area contributed by atoms with Crippen LogP contribution < -0.4 is 10.1 Å². The topological polar surface area (TPSA) is 47.0 Å². The first-order chi connectivity index (χ1) is 9.93. The van der Waals surface area contributed by atoms with E-state index in [0.29, 0.717) is 17.4 Å². The second kappa shape index (κ2) is 6.63. The van der Waals surface area contributed by atoms with Gasteiger partial charge in [-0.3, -0.25) is 0 Å². The lowest BCUT2D eigenvalue weighted by Gasteiger charge is -2.34. The van der Waals surface area contributed by atoms with E-state index in [1.54, 1.807) is 6.33 Å². The third-order valence-electron chi connectivity index (χ3n) is 4.33. The minimum Gasteiger partial charge on any atom is -0.474 e. The standard InChI is InChI=1S/C17H29N3O/c1-6-18-15-14(12(2)3)16(20-11-19-15)21-13-7-9-17(4,5)10-8-13/h11-13H,6-10H2,1-5H3,(H,18,19,20). The van der Waals surface area contributed by atoms with Crippen molar-refractivity contribution in [1.82, 2.24) is 9.97 Å². The molecule has 0 radical (unpaired) electrons. The lowest BCUT2D eigenvalue weighted by Crippen LogP contribution is -2.29.